The van der Waals surface area contributed by atoms with Crippen molar-refractivity contribution >= 4 is 35.8 Å². The molecule has 276 valence electrons. The van der Waals surface area contributed by atoms with Crippen LogP contribution in [-0.2, 0) is 16.8 Å². The van der Waals surface area contributed by atoms with Crippen molar-refractivity contribution in [1.82, 2.24) is 29.9 Å². The molecule has 6 aromatic rings. The zero-order chi connectivity index (χ0) is 39.4. The van der Waals surface area contributed by atoms with E-state index in [0.29, 0.717) is 34.2 Å². The Morgan fingerprint density at radius 1 is 0.291 bits per heavy atom. The van der Waals surface area contributed by atoms with Crippen LogP contribution in [0.1, 0.15) is 62.1 Å². The molecule has 6 aromatic heterocycles. The minimum atomic E-state index is -1.08. The standard InChI is InChI=1S/3C12H8N2O4.Co/c3*15-11(16)7-1-3-13-9(5-7)10-6-8(12(17)18)2-4-14-10;/h3*1-6H,(H,15,16)(H,17,18);/q;;;+3. The Kier molecular flexibility index (Phi) is 14.5. The van der Waals surface area contributed by atoms with Gasteiger partial charge in [0.1, 0.15) is 0 Å². The Morgan fingerprint density at radius 3 is 0.527 bits per heavy atom. The van der Waals surface area contributed by atoms with Gasteiger partial charge in [0.2, 0.25) is 0 Å². The van der Waals surface area contributed by atoms with Crippen LogP contribution in [0.2, 0.25) is 0 Å². The van der Waals surface area contributed by atoms with E-state index in [1.807, 2.05) is 0 Å². The molecular weight excluding hydrogens is 767 g/mol. The molecule has 0 aliphatic carbocycles. The summed E-state index contributed by atoms with van der Waals surface area (Å²) in [6.07, 6.45) is 8.05. The van der Waals surface area contributed by atoms with Gasteiger partial charge >= 0.3 is 52.6 Å². The van der Waals surface area contributed by atoms with Gasteiger partial charge in [0.25, 0.3) is 0 Å². The summed E-state index contributed by atoms with van der Waals surface area (Å²) < 4.78 is 0. The normalized spacial score (nSPS) is 9.82. The Bertz CT molecular complexity index is 1980. The second-order valence-corrected chi connectivity index (χ2v) is 10.4. The molecule has 0 unspecified atom stereocenters. The summed E-state index contributed by atoms with van der Waals surface area (Å²) in [7, 11) is 0. The van der Waals surface area contributed by atoms with Gasteiger partial charge in [-0.1, -0.05) is 0 Å². The monoisotopic (exact) mass is 791 g/mol. The largest absolute Gasteiger partial charge is 3.00 e. The minimum Gasteiger partial charge on any atom is -0.478 e. The number of carbonyl (C=O) groups is 6. The Balaban J connectivity index is 0.000000220. The Hall–Kier alpha value is -7.77. The summed E-state index contributed by atoms with van der Waals surface area (Å²) in [5.41, 5.74) is 2.34. The van der Waals surface area contributed by atoms with Crippen LogP contribution in [0.25, 0.3) is 34.2 Å². The van der Waals surface area contributed by atoms with E-state index in [1.165, 1.54) is 110 Å². The van der Waals surface area contributed by atoms with Crippen molar-refractivity contribution in [3.63, 3.8) is 0 Å². The van der Waals surface area contributed by atoms with Crippen LogP contribution in [0.3, 0.4) is 0 Å². The van der Waals surface area contributed by atoms with E-state index in [1.54, 1.807) is 0 Å². The van der Waals surface area contributed by atoms with Crippen molar-refractivity contribution in [3.8, 4) is 34.2 Å². The molecule has 0 aliphatic rings. The van der Waals surface area contributed by atoms with Crippen LogP contribution in [0.5, 0.6) is 0 Å². The molecule has 55 heavy (non-hydrogen) atoms. The first-order valence-electron chi connectivity index (χ1n) is 14.9. The summed E-state index contributed by atoms with van der Waals surface area (Å²) in [5, 5.41) is 53.1. The van der Waals surface area contributed by atoms with Gasteiger partial charge < -0.3 is 30.6 Å². The van der Waals surface area contributed by atoms with E-state index < -0.39 is 35.8 Å². The number of aromatic nitrogens is 6. The number of aromatic carboxylic acids is 6. The van der Waals surface area contributed by atoms with E-state index in [2.05, 4.69) is 29.9 Å². The van der Waals surface area contributed by atoms with Crippen molar-refractivity contribution in [3.05, 3.63) is 143 Å². The summed E-state index contributed by atoms with van der Waals surface area (Å²) in [6, 6.07) is 16.2. The molecule has 0 amide bonds. The molecule has 0 saturated carbocycles. The van der Waals surface area contributed by atoms with Crippen molar-refractivity contribution in [2.75, 3.05) is 0 Å². The van der Waals surface area contributed by atoms with Crippen LogP contribution in [0.4, 0.5) is 0 Å². The molecule has 6 rings (SSSR count). The fourth-order valence-electron chi connectivity index (χ4n) is 4.22. The fourth-order valence-corrected chi connectivity index (χ4v) is 4.22. The van der Waals surface area contributed by atoms with Crippen molar-refractivity contribution in [1.29, 1.82) is 0 Å². The summed E-state index contributed by atoms with van der Waals surface area (Å²) >= 11 is 0. The number of carboxylic acid groups (broad SMARTS) is 6. The summed E-state index contributed by atoms with van der Waals surface area (Å²) in [4.78, 5) is 88.7. The Labute approximate surface area is 318 Å². The van der Waals surface area contributed by atoms with E-state index in [-0.39, 0.29) is 50.2 Å². The van der Waals surface area contributed by atoms with E-state index in [9.17, 15) is 28.8 Å². The molecule has 6 N–H and O–H groups in total. The number of carboxylic acids is 6. The minimum absolute atomic E-state index is 0. The van der Waals surface area contributed by atoms with E-state index >= 15 is 0 Å². The van der Waals surface area contributed by atoms with E-state index in [4.69, 9.17) is 30.6 Å². The maximum atomic E-state index is 10.8. The molecule has 0 fully saturated rings. The molecule has 0 saturated heterocycles. The van der Waals surface area contributed by atoms with Crippen LogP contribution < -0.4 is 0 Å². The molecule has 6 heterocycles. The zero-order valence-corrected chi connectivity index (χ0v) is 28.6. The molecule has 0 aliphatic heterocycles. The second kappa shape index (κ2) is 19.2. The van der Waals surface area contributed by atoms with Gasteiger partial charge in [-0.15, -0.1) is 0 Å². The van der Waals surface area contributed by atoms with Crippen LogP contribution >= 0.6 is 0 Å². The molecule has 0 radical (unpaired) electrons. The van der Waals surface area contributed by atoms with Crippen LogP contribution in [0, 0.1) is 0 Å². The quantitative estimate of drug-likeness (QED) is 0.116. The molecule has 0 spiro atoms. The van der Waals surface area contributed by atoms with Gasteiger partial charge in [-0.25, -0.2) is 28.8 Å². The molecule has 18 nitrogen and oxygen atoms in total. The molecule has 0 bridgehead atoms. The number of pyridine rings is 6. The van der Waals surface area contributed by atoms with Crippen molar-refractivity contribution in [2.45, 2.75) is 0 Å². The maximum Gasteiger partial charge on any atom is 3.00 e. The van der Waals surface area contributed by atoms with Gasteiger partial charge in [-0.3, -0.25) is 29.9 Å². The first-order valence-corrected chi connectivity index (χ1v) is 14.9. The number of nitrogens with zero attached hydrogens (tertiary/aromatic N) is 6. The van der Waals surface area contributed by atoms with Crippen LogP contribution in [-0.4, -0.2) is 96.4 Å². The molecule has 19 heteroatoms. The number of hydrogen-bond donors (Lipinski definition) is 6. The number of rotatable bonds is 9. The van der Waals surface area contributed by atoms with Gasteiger partial charge in [0.15, 0.2) is 0 Å². The van der Waals surface area contributed by atoms with Crippen molar-refractivity contribution < 1.29 is 76.2 Å². The van der Waals surface area contributed by atoms with Gasteiger partial charge in [0.05, 0.1) is 67.5 Å². The Morgan fingerprint density at radius 2 is 0.418 bits per heavy atom. The smallest absolute Gasteiger partial charge is 0.478 e. The third kappa shape index (κ3) is 11.6. The molecular formula is C36H24CoN6O12+3. The first kappa shape index (κ1) is 41.6. The predicted molar refractivity (Wildman–Crippen MR) is 184 cm³/mol. The zero-order valence-electron chi connectivity index (χ0n) is 27.5. The third-order valence-corrected chi connectivity index (χ3v) is 6.83. The fraction of sp³-hybridized carbons (Fsp3) is 0. The third-order valence-electron chi connectivity index (χ3n) is 6.83. The van der Waals surface area contributed by atoms with E-state index in [0.717, 1.165) is 0 Å². The second-order valence-electron chi connectivity index (χ2n) is 10.4. The number of hydrogen-bond acceptors (Lipinski definition) is 12. The average molecular weight is 792 g/mol. The summed E-state index contributed by atoms with van der Waals surface area (Å²) in [6.45, 7) is 0. The summed E-state index contributed by atoms with van der Waals surface area (Å²) in [5.74, 6) is -6.46. The predicted octanol–water partition coefficient (Wildman–Crippen LogP) is 4.62. The van der Waals surface area contributed by atoms with Crippen LogP contribution in [0.15, 0.2) is 110 Å². The maximum absolute atomic E-state index is 10.8. The van der Waals surface area contributed by atoms with Crippen molar-refractivity contribution in [2.24, 2.45) is 0 Å². The SMILES string of the molecule is O=C(O)c1ccnc(-c2cc(C(=O)O)ccn2)c1.O=C(O)c1ccnc(-c2cc(C(=O)O)ccn2)c1.O=C(O)c1ccnc(-c2cc(C(=O)O)ccn2)c1.[Co+3]. The van der Waals surface area contributed by atoms with Gasteiger partial charge in [-0.05, 0) is 72.8 Å². The van der Waals surface area contributed by atoms with Gasteiger partial charge in [-0.2, -0.15) is 0 Å². The average Bonchev–Trinajstić information content (AvgIpc) is 3.18. The van der Waals surface area contributed by atoms with Gasteiger partial charge in [0, 0.05) is 37.2 Å². The molecule has 0 aromatic carbocycles. The first-order chi connectivity index (χ1) is 25.7. The molecule has 0 atom stereocenters. The topological polar surface area (TPSA) is 301 Å².